The Kier molecular flexibility index (Phi) is 5.72. The molecule has 0 fully saturated rings. The van der Waals surface area contributed by atoms with Gasteiger partial charge in [-0.25, -0.2) is 4.79 Å². The normalized spacial score (nSPS) is 11.1. The maximum atomic E-state index is 11.1. The summed E-state index contributed by atoms with van der Waals surface area (Å²) in [6.45, 7) is -0.0674. The molecular formula is C11H13Cl2N3O3. The molecule has 8 heteroatoms. The van der Waals surface area contributed by atoms with Gasteiger partial charge in [-0.15, -0.1) is 0 Å². The number of halogens is 2. The molecule has 0 aliphatic heterocycles. The number of hydrogen-bond acceptors (Lipinski definition) is 4. The molecule has 1 aromatic rings. The summed E-state index contributed by atoms with van der Waals surface area (Å²) in [6.07, 6.45) is -0.632. The number of hydrogen-bond donors (Lipinski definition) is 1. The lowest BCUT2D eigenvalue weighted by atomic mass is 10.3. The van der Waals surface area contributed by atoms with Gasteiger partial charge in [-0.05, 0) is 18.2 Å². The molecule has 0 saturated heterocycles. The summed E-state index contributed by atoms with van der Waals surface area (Å²) in [4.78, 5) is 16.8. The van der Waals surface area contributed by atoms with E-state index >= 15 is 0 Å². The third kappa shape index (κ3) is 5.23. The summed E-state index contributed by atoms with van der Waals surface area (Å²) in [5, 5.41) is 4.27. The molecule has 1 amide bonds. The molecule has 0 unspecified atom stereocenters. The number of amides is 1. The van der Waals surface area contributed by atoms with Crippen LogP contribution in [-0.2, 0) is 4.84 Å². The SMILES string of the molecule is CN(C)C(=O)O/N=C(\N)COc1ccc(Cl)cc1Cl. The predicted molar refractivity (Wildman–Crippen MR) is 73.7 cm³/mol. The summed E-state index contributed by atoms with van der Waals surface area (Å²) in [5.41, 5.74) is 5.51. The van der Waals surface area contributed by atoms with Gasteiger partial charge in [0, 0.05) is 19.1 Å². The van der Waals surface area contributed by atoms with Gasteiger partial charge in [0.25, 0.3) is 0 Å². The maximum absolute atomic E-state index is 11.1. The zero-order valence-electron chi connectivity index (χ0n) is 10.4. The fraction of sp³-hybridized carbons (Fsp3) is 0.273. The minimum Gasteiger partial charge on any atom is -0.484 e. The third-order valence-electron chi connectivity index (χ3n) is 1.88. The van der Waals surface area contributed by atoms with Gasteiger partial charge in [0.15, 0.2) is 5.84 Å². The number of oxime groups is 1. The summed E-state index contributed by atoms with van der Waals surface area (Å²) in [6, 6.07) is 4.77. The summed E-state index contributed by atoms with van der Waals surface area (Å²) >= 11 is 11.6. The lowest BCUT2D eigenvalue weighted by molar-refractivity contribution is 0.121. The number of nitrogens with zero attached hydrogens (tertiary/aromatic N) is 2. The van der Waals surface area contributed by atoms with Gasteiger partial charge < -0.3 is 15.4 Å². The third-order valence-corrected chi connectivity index (χ3v) is 2.41. The second kappa shape index (κ2) is 7.06. The van der Waals surface area contributed by atoms with Crippen molar-refractivity contribution in [3.8, 4) is 5.75 Å². The lowest BCUT2D eigenvalue weighted by Crippen LogP contribution is -2.25. The molecule has 6 nitrogen and oxygen atoms in total. The molecule has 1 rings (SSSR count). The second-order valence-electron chi connectivity index (χ2n) is 3.70. The number of carbonyl (C=O) groups excluding carboxylic acids is 1. The Morgan fingerprint density at radius 3 is 2.68 bits per heavy atom. The molecular weight excluding hydrogens is 293 g/mol. The lowest BCUT2D eigenvalue weighted by Gasteiger charge is -2.09. The van der Waals surface area contributed by atoms with E-state index in [2.05, 4.69) is 9.99 Å². The van der Waals surface area contributed by atoms with Crippen LogP contribution in [-0.4, -0.2) is 37.5 Å². The van der Waals surface area contributed by atoms with Crippen LogP contribution in [0.4, 0.5) is 4.79 Å². The van der Waals surface area contributed by atoms with Crippen LogP contribution in [0.5, 0.6) is 5.75 Å². The highest BCUT2D eigenvalue weighted by Crippen LogP contribution is 2.27. The fourth-order valence-corrected chi connectivity index (χ4v) is 1.41. The molecule has 0 radical (unpaired) electrons. The average Bonchev–Trinajstić information content (AvgIpc) is 2.34. The molecule has 0 aliphatic carbocycles. The number of benzene rings is 1. The standard InChI is InChI=1S/C11H13Cl2N3O3/c1-16(2)11(17)19-15-10(14)6-18-9-4-3-7(12)5-8(9)13/h3-5H,6H2,1-2H3,(H2,14,15). The van der Waals surface area contributed by atoms with Gasteiger partial charge >= 0.3 is 6.09 Å². The van der Waals surface area contributed by atoms with Crippen LogP contribution in [0.2, 0.25) is 10.0 Å². The first-order valence-electron chi connectivity index (χ1n) is 5.18. The van der Waals surface area contributed by atoms with E-state index in [0.717, 1.165) is 0 Å². The van der Waals surface area contributed by atoms with Gasteiger partial charge in [-0.1, -0.05) is 28.4 Å². The highest BCUT2D eigenvalue weighted by Gasteiger charge is 2.06. The van der Waals surface area contributed by atoms with Gasteiger partial charge in [0.05, 0.1) is 5.02 Å². The van der Waals surface area contributed by atoms with Crippen LogP contribution in [0.25, 0.3) is 0 Å². The first-order valence-corrected chi connectivity index (χ1v) is 5.94. The van der Waals surface area contributed by atoms with Crippen molar-refractivity contribution >= 4 is 35.1 Å². The largest absolute Gasteiger partial charge is 0.484 e. The number of amidine groups is 1. The molecule has 0 spiro atoms. The van der Waals surface area contributed by atoms with Crippen molar-refractivity contribution in [2.45, 2.75) is 0 Å². The average molecular weight is 306 g/mol. The van der Waals surface area contributed by atoms with E-state index in [1.165, 1.54) is 25.1 Å². The molecule has 19 heavy (non-hydrogen) atoms. The number of rotatable bonds is 4. The monoisotopic (exact) mass is 305 g/mol. The second-order valence-corrected chi connectivity index (χ2v) is 4.54. The molecule has 0 atom stereocenters. The predicted octanol–water partition coefficient (Wildman–Crippen LogP) is 2.34. The highest BCUT2D eigenvalue weighted by atomic mass is 35.5. The van der Waals surface area contributed by atoms with Crippen molar-refractivity contribution in [3.63, 3.8) is 0 Å². The molecule has 104 valence electrons. The minimum atomic E-state index is -0.632. The number of carbonyl (C=O) groups is 1. The molecule has 0 saturated carbocycles. The highest BCUT2D eigenvalue weighted by molar-refractivity contribution is 6.35. The van der Waals surface area contributed by atoms with Gasteiger partial charge in [0.1, 0.15) is 12.4 Å². The van der Waals surface area contributed by atoms with E-state index in [1.54, 1.807) is 12.1 Å². The smallest absolute Gasteiger partial charge is 0.435 e. The van der Waals surface area contributed by atoms with Crippen LogP contribution in [0.3, 0.4) is 0 Å². The Hall–Kier alpha value is -1.66. The zero-order chi connectivity index (χ0) is 14.4. The van der Waals surface area contributed by atoms with Crippen LogP contribution >= 0.6 is 23.2 Å². The van der Waals surface area contributed by atoms with Crippen LogP contribution in [0.15, 0.2) is 23.4 Å². The molecule has 0 bridgehead atoms. The van der Waals surface area contributed by atoms with E-state index in [0.29, 0.717) is 15.8 Å². The van der Waals surface area contributed by atoms with Crippen LogP contribution in [0.1, 0.15) is 0 Å². The Labute approximate surface area is 120 Å². The van der Waals surface area contributed by atoms with Gasteiger partial charge in [0.2, 0.25) is 0 Å². The van der Waals surface area contributed by atoms with Gasteiger partial charge in [-0.3, -0.25) is 4.84 Å². The molecule has 0 heterocycles. The zero-order valence-corrected chi connectivity index (χ0v) is 11.9. The van der Waals surface area contributed by atoms with Crippen molar-refractivity contribution in [3.05, 3.63) is 28.2 Å². The number of ether oxygens (including phenoxy) is 1. The molecule has 0 aliphatic rings. The van der Waals surface area contributed by atoms with E-state index in [9.17, 15) is 4.79 Å². The summed E-state index contributed by atoms with van der Waals surface area (Å²) in [5.74, 6) is 0.407. The molecule has 0 aromatic heterocycles. The first-order chi connectivity index (χ1) is 8.90. The molecule has 1 aromatic carbocycles. The van der Waals surface area contributed by atoms with E-state index in [-0.39, 0.29) is 12.4 Å². The van der Waals surface area contributed by atoms with E-state index in [1.807, 2.05) is 0 Å². The number of nitrogens with two attached hydrogens (primary N) is 1. The Bertz CT molecular complexity index is 492. The summed E-state index contributed by atoms with van der Waals surface area (Å²) < 4.78 is 5.30. The summed E-state index contributed by atoms with van der Waals surface area (Å²) in [7, 11) is 3.05. The topological polar surface area (TPSA) is 77.2 Å². The maximum Gasteiger partial charge on any atom is 0.435 e. The van der Waals surface area contributed by atoms with Crippen LogP contribution < -0.4 is 10.5 Å². The Balaban J connectivity index is 2.52. The first kappa shape index (κ1) is 15.4. The minimum absolute atomic E-state index is 0.00113. The van der Waals surface area contributed by atoms with Crippen molar-refractivity contribution < 1.29 is 14.4 Å². The van der Waals surface area contributed by atoms with Crippen molar-refractivity contribution in [2.24, 2.45) is 10.9 Å². The van der Waals surface area contributed by atoms with E-state index < -0.39 is 6.09 Å². The van der Waals surface area contributed by atoms with Gasteiger partial charge in [-0.2, -0.15) is 0 Å². The quantitative estimate of drug-likeness (QED) is 0.401. The van der Waals surface area contributed by atoms with Crippen molar-refractivity contribution in [1.82, 2.24) is 4.90 Å². The Morgan fingerprint density at radius 2 is 2.11 bits per heavy atom. The molecule has 2 N–H and O–H groups in total. The Morgan fingerprint density at radius 1 is 1.42 bits per heavy atom. The fourth-order valence-electron chi connectivity index (χ4n) is 0.950. The van der Waals surface area contributed by atoms with Crippen molar-refractivity contribution in [1.29, 1.82) is 0 Å². The van der Waals surface area contributed by atoms with E-state index in [4.69, 9.17) is 33.7 Å². The van der Waals surface area contributed by atoms with Crippen LogP contribution in [0, 0.1) is 0 Å². The van der Waals surface area contributed by atoms with Crippen molar-refractivity contribution in [2.75, 3.05) is 20.7 Å².